The van der Waals surface area contributed by atoms with Crippen LogP contribution in [0.25, 0.3) is 28.1 Å². The highest BCUT2D eigenvalue weighted by Gasteiger charge is 2.27. The number of carbonyl (C=O) groups is 1. The van der Waals surface area contributed by atoms with E-state index in [1.807, 2.05) is 60.7 Å². The van der Waals surface area contributed by atoms with Crippen molar-refractivity contribution in [2.75, 3.05) is 6.61 Å². The number of allylic oxidation sites excluding steroid dienone is 1. The molecule has 5 nitrogen and oxygen atoms in total. The number of carboxylic acids is 1. The van der Waals surface area contributed by atoms with Gasteiger partial charge in [-0.1, -0.05) is 67.1 Å². The molecule has 1 saturated carbocycles. The summed E-state index contributed by atoms with van der Waals surface area (Å²) in [6.45, 7) is 0.108. The molecule has 0 unspecified atom stereocenters. The van der Waals surface area contributed by atoms with Gasteiger partial charge in [-0.05, 0) is 70.4 Å². The number of aliphatic hydroxyl groups excluding tert-OH is 1. The minimum atomic E-state index is -0.993. The Hall–Kier alpha value is -4.03. The summed E-state index contributed by atoms with van der Waals surface area (Å²) >= 11 is 0. The molecule has 0 amide bonds. The van der Waals surface area contributed by atoms with Gasteiger partial charge in [0.25, 0.3) is 0 Å². The predicted molar refractivity (Wildman–Crippen MR) is 140 cm³/mol. The Labute approximate surface area is 208 Å². The van der Waals surface area contributed by atoms with E-state index >= 15 is 0 Å². The molecular formula is C30H27FN2O3. The van der Waals surface area contributed by atoms with E-state index in [0.29, 0.717) is 16.8 Å². The van der Waals surface area contributed by atoms with Crippen LogP contribution in [0, 0.1) is 11.9 Å². The minimum Gasteiger partial charge on any atom is -0.478 e. The SMILES string of the molecule is O=C(O)C=Cc1ccc(C(=C(c2ccccc2)C2CCC2)c2ccc3c(c2)c(F)nn3CCO)cc1. The van der Waals surface area contributed by atoms with Crippen molar-refractivity contribution in [3.05, 3.63) is 107 Å². The Kier molecular flexibility index (Phi) is 6.78. The zero-order chi connectivity index (χ0) is 25.1. The van der Waals surface area contributed by atoms with E-state index in [1.54, 1.807) is 6.08 Å². The van der Waals surface area contributed by atoms with Gasteiger partial charge in [0.15, 0.2) is 0 Å². The lowest BCUT2D eigenvalue weighted by molar-refractivity contribution is -0.131. The van der Waals surface area contributed by atoms with Crippen LogP contribution in [0.15, 0.2) is 78.9 Å². The van der Waals surface area contributed by atoms with Gasteiger partial charge in [0.1, 0.15) is 0 Å². The Morgan fingerprint density at radius 1 is 1.00 bits per heavy atom. The van der Waals surface area contributed by atoms with E-state index in [-0.39, 0.29) is 13.2 Å². The molecule has 1 aliphatic carbocycles. The fourth-order valence-corrected chi connectivity index (χ4v) is 4.87. The molecule has 0 spiro atoms. The van der Waals surface area contributed by atoms with E-state index in [9.17, 15) is 14.3 Å². The topological polar surface area (TPSA) is 75.3 Å². The summed E-state index contributed by atoms with van der Waals surface area (Å²) < 4.78 is 16.3. The maximum absolute atomic E-state index is 14.9. The molecule has 0 saturated heterocycles. The molecule has 1 aliphatic rings. The number of halogens is 1. The quantitative estimate of drug-likeness (QED) is 0.238. The highest BCUT2D eigenvalue weighted by atomic mass is 19.1. The largest absolute Gasteiger partial charge is 0.478 e. The minimum absolute atomic E-state index is 0.119. The van der Waals surface area contributed by atoms with E-state index in [0.717, 1.165) is 46.7 Å². The van der Waals surface area contributed by atoms with Crippen molar-refractivity contribution in [2.24, 2.45) is 5.92 Å². The molecule has 0 aliphatic heterocycles. The Balaban J connectivity index is 1.72. The number of rotatable bonds is 8. The molecular weight excluding hydrogens is 455 g/mol. The Bertz CT molecular complexity index is 1450. The van der Waals surface area contributed by atoms with Crippen LogP contribution in [-0.4, -0.2) is 32.6 Å². The first-order valence-electron chi connectivity index (χ1n) is 12.1. The lowest BCUT2D eigenvalue weighted by Crippen LogP contribution is -2.15. The molecule has 6 heteroatoms. The van der Waals surface area contributed by atoms with E-state index < -0.39 is 11.9 Å². The monoisotopic (exact) mass is 482 g/mol. The van der Waals surface area contributed by atoms with Gasteiger partial charge in [-0.3, -0.25) is 4.68 Å². The highest BCUT2D eigenvalue weighted by Crippen LogP contribution is 2.45. The second-order valence-electron chi connectivity index (χ2n) is 9.05. The van der Waals surface area contributed by atoms with Crippen molar-refractivity contribution in [1.29, 1.82) is 0 Å². The van der Waals surface area contributed by atoms with E-state index in [1.165, 1.54) is 16.7 Å². The van der Waals surface area contributed by atoms with Gasteiger partial charge in [0, 0.05) is 6.08 Å². The lowest BCUT2D eigenvalue weighted by atomic mass is 9.73. The molecule has 5 rings (SSSR count). The zero-order valence-electron chi connectivity index (χ0n) is 19.8. The van der Waals surface area contributed by atoms with Gasteiger partial charge in [-0.25, -0.2) is 4.79 Å². The first kappa shape index (κ1) is 23.7. The Morgan fingerprint density at radius 2 is 1.72 bits per heavy atom. The molecule has 2 N–H and O–H groups in total. The average Bonchev–Trinajstić information content (AvgIpc) is 3.17. The van der Waals surface area contributed by atoms with Crippen LogP contribution in [0.4, 0.5) is 4.39 Å². The molecule has 3 aromatic carbocycles. The summed E-state index contributed by atoms with van der Waals surface area (Å²) in [4.78, 5) is 10.9. The number of hydrogen-bond donors (Lipinski definition) is 2. The first-order valence-corrected chi connectivity index (χ1v) is 12.1. The van der Waals surface area contributed by atoms with Crippen molar-refractivity contribution < 1.29 is 19.4 Å². The third kappa shape index (κ3) is 4.72. The van der Waals surface area contributed by atoms with Crippen molar-refractivity contribution in [1.82, 2.24) is 9.78 Å². The van der Waals surface area contributed by atoms with Gasteiger partial charge >= 0.3 is 5.97 Å². The van der Waals surface area contributed by atoms with Gasteiger partial charge in [0.2, 0.25) is 5.95 Å². The molecule has 0 bridgehead atoms. The molecule has 1 aromatic heterocycles. The number of fused-ring (bicyclic) bond motifs is 1. The summed E-state index contributed by atoms with van der Waals surface area (Å²) in [5.41, 5.74) is 6.72. The van der Waals surface area contributed by atoms with E-state index in [4.69, 9.17) is 5.11 Å². The third-order valence-corrected chi connectivity index (χ3v) is 6.79. The van der Waals surface area contributed by atoms with Crippen molar-refractivity contribution in [3.63, 3.8) is 0 Å². The van der Waals surface area contributed by atoms with Crippen LogP contribution in [0.3, 0.4) is 0 Å². The average molecular weight is 483 g/mol. The second kappa shape index (κ2) is 10.3. The zero-order valence-corrected chi connectivity index (χ0v) is 19.8. The molecule has 0 atom stereocenters. The number of aliphatic carboxylic acids is 1. The smallest absolute Gasteiger partial charge is 0.328 e. The lowest BCUT2D eigenvalue weighted by Gasteiger charge is -2.31. The number of aromatic nitrogens is 2. The first-order chi connectivity index (χ1) is 17.5. The maximum atomic E-state index is 14.9. The number of aliphatic hydroxyl groups is 1. The summed E-state index contributed by atoms with van der Waals surface area (Å²) in [6.07, 6.45) is 6.05. The van der Waals surface area contributed by atoms with E-state index in [2.05, 4.69) is 17.2 Å². The van der Waals surface area contributed by atoms with Crippen molar-refractivity contribution >= 4 is 34.1 Å². The van der Waals surface area contributed by atoms with Crippen molar-refractivity contribution in [2.45, 2.75) is 25.8 Å². The standard InChI is InChI=1S/C30H27FN2O3/c31-30-25-19-24(14-15-26(25)33(32-30)17-18-34)29(23-12-9-20(10-13-23)11-16-27(35)36)28(22-7-4-8-22)21-5-2-1-3-6-21/h1-3,5-6,9-16,19,22,34H,4,7-8,17-18H2,(H,35,36). The summed E-state index contributed by atoms with van der Waals surface area (Å²) in [7, 11) is 0. The molecule has 1 fully saturated rings. The van der Waals surface area contributed by atoms with Crippen LogP contribution in [-0.2, 0) is 11.3 Å². The van der Waals surface area contributed by atoms with Crippen LogP contribution >= 0.6 is 0 Å². The number of benzene rings is 3. The molecule has 4 aromatic rings. The molecule has 36 heavy (non-hydrogen) atoms. The molecule has 182 valence electrons. The van der Waals surface area contributed by atoms with Crippen LogP contribution in [0.2, 0.25) is 0 Å². The fraction of sp³-hybridized carbons (Fsp3) is 0.200. The second-order valence-corrected chi connectivity index (χ2v) is 9.05. The van der Waals surface area contributed by atoms with Gasteiger partial charge in [0.05, 0.1) is 24.1 Å². The number of nitrogens with zero attached hydrogens (tertiary/aromatic N) is 2. The van der Waals surface area contributed by atoms with Gasteiger partial charge in [-0.2, -0.15) is 4.39 Å². The maximum Gasteiger partial charge on any atom is 0.328 e. The van der Waals surface area contributed by atoms with Crippen LogP contribution in [0.1, 0.15) is 41.5 Å². The predicted octanol–water partition coefficient (Wildman–Crippen LogP) is 6.02. The fourth-order valence-electron chi connectivity index (χ4n) is 4.87. The number of carboxylic acid groups (broad SMARTS) is 1. The summed E-state index contributed by atoms with van der Waals surface area (Å²) in [5.74, 6) is -1.15. The van der Waals surface area contributed by atoms with Gasteiger partial charge in [-0.15, -0.1) is 5.10 Å². The summed E-state index contributed by atoms with van der Waals surface area (Å²) in [5, 5.41) is 22.7. The molecule has 0 radical (unpaired) electrons. The highest BCUT2D eigenvalue weighted by molar-refractivity contribution is 6.01. The molecule has 1 heterocycles. The van der Waals surface area contributed by atoms with Crippen LogP contribution in [0.5, 0.6) is 0 Å². The van der Waals surface area contributed by atoms with Gasteiger partial charge < -0.3 is 10.2 Å². The summed E-state index contributed by atoms with van der Waals surface area (Å²) in [6, 6.07) is 23.8. The third-order valence-electron chi connectivity index (χ3n) is 6.79. The van der Waals surface area contributed by atoms with Crippen molar-refractivity contribution in [3.8, 4) is 0 Å². The Morgan fingerprint density at radius 3 is 2.36 bits per heavy atom. The van der Waals surface area contributed by atoms with Crippen LogP contribution < -0.4 is 0 Å². The normalized spacial score (nSPS) is 14.7. The number of hydrogen-bond acceptors (Lipinski definition) is 3.